The minimum Gasteiger partial charge on any atom is -0.461 e. The Bertz CT molecular complexity index is 833. The maximum Gasteiger partial charge on any atom is 0.357 e. The van der Waals surface area contributed by atoms with E-state index >= 15 is 0 Å². The molecule has 150 valence electrons. The first-order valence-corrected chi connectivity index (χ1v) is 10.4. The summed E-state index contributed by atoms with van der Waals surface area (Å²) in [6, 6.07) is 5.48. The zero-order chi connectivity index (χ0) is 20.1. The molecule has 0 radical (unpaired) electrons. The van der Waals surface area contributed by atoms with E-state index in [1.54, 1.807) is 18.4 Å². The first-order chi connectivity index (χ1) is 13.4. The van der Waals surface area contributed by atoms with Crippen LogP contribution in [0.25, 0.3) is 0 Å². The van der Waals surface area contributed by atoms with Gasteiger partial charge in [-0.05, 0) is 25.1 Å². The third-order valence-corrected chi connectivity index (χ3v) is 5.38. The Balaban J connectivity index is 1.48. The topological polar surface area (TPSA) is 74.8 Å². The number of rotatable bonds is 6. The van der Waals surface area contributed by atoms with Crippen molar-refractivity contribution in [2.75, 3.05) is 49.5 Å². The number of thiazole rings is 1. The molecule has 0 atom stereocenters. The predicted octanol–water partition coefficient (Wildman–Crippen LogP) is 3.39. The number of nitrogens with zero attached hydrogens (tertiary/aromatic N) is 3. The van der Waals surface area contributed by atoms with Gasteiger partial charge in [-0.2, -0.15) is 0 Å². The number of carbonyl (C=O) groups is 2. The number of nitrogens with one attached hydrogen (secondary N) is 1. The van der Waals surface area contributed by atoms with Crippen molar-refractivity contribution < 1.29 is 14.3 Å². The number of aromatic nitrogens is 1. The van der Waals surface area contributed by atoms with Gasteiger partial charge in [-0.3, -0.25) is 9.69 Å². The molecule has 0 aliphatic carbocycles. The van der Waals surface area contributed by atoms with Crippen LogP contribution in [0.2, 0.25) is 10.0 Å². The second-order valence-electron chi connectivity index (χ2n) is 6.20. The molecular weight excluding hydrogens is 423 g/mol. The SMILES string of the molecule is CCOC(=O)c1csc(NC(=O)CN2CCN(c3cc(Cl)cc(Cl)c3)CC2)n1. The molecular formula is C18H20Cl2N4O3S. The zero-order valence-corrected chi connectivity index (χ0v) is 17.6. The molecule has 0 unspecified atom stereocenters. The smallest absolute Gasteiger partial charge is 0.357 e. The van der Waals surface area contributed by atoms with Crippen molar-refractivity contribution in [3.05, 3.63) is 39.3 Å². The summed E-state index contributed by atoms with van der Waals surface area (Å²) in [7, 11) is 0. The maximum atomic E-state index is 12.3. The Morgan fingerprint density at radius 2 is 1.86 bits per heavy atom. The molecule has 28 heavy (non-hydrogen) atoms. The van der Waals surface area contributed by atoms with E-state index in [0.29, 0.717) is 15.2 Å². The number of ether oxygens (including phenoxy) is 1. The zero-order valence-electron chi connectivity index (χ0n) is 15.3. The molecule has 1 saturated heterocycles. The van der Waals surface area contributed by atoms with E-state index in [1.165, 1.54) is 11.3 Å². The van der Waals surface area contributed by atoms with Crippen LogP contribution in [0.1, 0.15) is 17.4 Å². The van der Waals surface area contributed by atoms with Gasteiger partial charge in [0.05, 0.1) is 13.2 Å². The summed E-state index contributed by atoms with van der Waals surface area (Å²) in [5, 5.41) is 5.91. The number of amides is 1. The Labute approximate surface area is 177 Å². The summed E-state index contributed by atoms with van der Waals surface area (Å²) >= 11 is 13.3. The fraction of sp³-hybridized carbons (Fsp3) is 0.389. The average Bonchev–Trinajstić information content (AvgIpc) is 3.10. The molecule has 1 aromatic heterocycles. The van der Waals surface area contributed by atoms with Crippen LogP contribution in [0.15, 0.2) is 23.6 Å². The van der Waals surface area contributed by atoms with E-state index in [2.05, 4.69) is 20.1 Å². The molecule has 10 heteroatoms. The second-order valence-corrected chi connectivity index (χ2v) is 7.93. The van der Waals surface area contributed by atoms with Gasteiger partial charge in [0.15, 0.2) is 10.8 Å². The molecule has 1 N–H and O–H groups in total. The highest BCUT2D eigenvalue weighted by Gasteiger charge is 2.20. The van der Waals surface area contributed by atoms with Gasteiger partial charge in [-0.25, -0.2) is 9.78 Å². The summed E-state index contributed by atoms with van der Waals surface area (Å²) in [4.78, 5) is 32.3. The highest BCUT2D eigenvalue weighted by Crippen LogP contribution is 2.26. The van der Waals surface area contributed by atoms with E-state index in [9.17, 15) is 9.59 Å². The van der Waals surface area contributed by atoms with Gasteiger partial charge in [-0.15, -0.1) is 11.3 Å². The van der Waals surface area contributed by atoms with Gasteiger partial charge in [-0.1, -0.05) is 23.2 Å². The summed E-state index contributed by atoms with van der Waals surface area (Å²) in [5.41, 5.74) is 1.19. The van der Waals surface area contributed by atoms with Gasteiger partial charge in [0.1, 0.15) is 0 Å². The Kier molecular flexibility index (Phi) is 7.12. The van der Waals surface area contributed by atoms with Crippen LogP contribution < -0.4 is 10.2 Å². The number of hydrogen-bond acceptors (Lipinski definition) is 7. The lowest BCUT2D eigenvalue weighted by molar-refractivity contribution is -0.117. The molecule has 1 amide bonds. The van der Waals surface area contributed by atoms with Crippen molar-refractivity contribution >= 4 is 57.2 Å². The van der Waals surface area contributed by atoms with Crippen LogP contribution in [-0.4, -0.2) is 61.1 Å². The lowest BCUT2D eigenvalue weighted by atomic mass is 10.2. The van der Waals surface area contributed by atoms with Gasteiger partial charge >= 0.3 is 5.97 Å². The van der Waals surface area contributed by atoms with E-state index in [0.717, 1.165) is 31.9 Å². The number of hydrogen-bond donors (Lipinski definition) is 1. The van der Waals surface area contributed by atoms with E-state index in [1.807, 2.05) is 12.1 Å². The predicted molar refractivity (Wildman–Crippen MR) is 112 cm³/mol. The molecule has 1 aliphatic heterocycles. The van der Waals surface area contributed by atoms with E-state index in [4.69, 9.17) is 27.9 Å². The van der Waals surface area contributed by atoms with Crippen LogP contribution in [0.5, 0.6) is 0 Å². The molecule has 0 saturated carbocycles. The van der Waals surface area contributed by atoms with Gasteiger partial charge in [0.2, 0.25) is 5.91 Å². The van der Waals surface area contributed by atoms with Crippen LogP contribution in [0.3, 0.4) is 0 Å². The molecule has 3 rings (SSSR count). The normalized spacial score (nSPS) is 14.8. The molecule has 1 aromatic carbocycles. The third kappa shape index (κ3) is 5.57. The molecule has 2 aromatic rings. The molecule has 2 heterocycles. The fourth-order valence-corrected chi connectivity index (χ4v) is 4.09. The minimum atomic E-state index is -0.489. The van der Waals surface area contributed by atoms with Crippen LogP contribution >= 0.6 is 34.5 Å². The monoisotopic (exact) mass is 442 g/mol. The van der Waals surface area contributed by atoms with Crippen molar-refractivity contribution in [1.29, 1.82) is 0 Å². The molecule has 1 fully saturated rings. The van der Waals surface area contributed by atoms with E-state index in [-0.39, 0.29) is 24.8 Å². The number of benzene rings is 1. The third-order valence-electron chi connectivity index (χ3n) is 4.19. The summed E-state index contributed by atoms with van der Waals surface area (Å²) in [6.45, 7) is 5.30. The largest absolute Gasteiger partial charge is 0.461 e. The lowest BCUT2D eigenvalue weighted by Gasteiger charge is -2.35. The Morgan fingerprint density at radius 3 is 2.50 bits per heavy atom. The van der Waals surface area contributed by atoms with Crippen LogP contribution in [0, 0.1) is 0 Å². The minimum absolute atomic E-state index is 0.163. The standard InChI is InChI=1S/C18H20Cl2N4O3S/c1-2-27-17(26)15-11-28-18(21-15)22-16(25)10-23-3-5-24(6-4-23)14-8-12(19)7-13(20)9-14/h7-9,11H,2-6,10H2,1H3,(H,21,22,25). The van der Waals surface area contributed by atoms with Crippen molar-refractivity contribution in [3.63, 3.8) is 0 Å². The van der Waals surface area contributed by atoms with Crippen molar-refractivity contribution in [3.8, 4) is 0 Å². The quantitative estimate of drug-likeness (QED) is 0.690. The van der Waals surface area contributed by atoms with Crippen LogP contribution in [-0.2, 0) is 9.53 Å². The maximum absolute atomic E-state index is 12.3. The Hall–Kier alpha value is -1.87. The number of esters is 1. The van der Waals surface area contributed by atoms with Gasteiger partial charge in [0, 0.05) is 47.3 Å². The second kappa shape index (κ2) is 9.56. The first kappa shape index (κ1) is 20.9. The highest BCUT2D eigenvalue weighted by molar-refractivity contribution is 7.14. The summed E-state index contributed by atoms with van der Waals surface area (Å²) in [6.07, 6.45) is 0. The summed E-state index contributed by atoms with van der Waals surface area (Å²) in [5.74, 6) is -0.652. The molecule has 0 spiro atoms. The van der Waals surface area contributed by atoms with E-state index < -0.39 is 5.97 Å². The van der Waals surface area contributed by atoms with Crippen molar-refractivity contribution in [2.24, 2.45) is 0 Å². The first-order valence-electron chi connectivity index (χ1n) is 8.80. The van der Waals surface area contributed by atoms with Gasteiger partial charge < -0.3 is 15.0 Å². The van der Waals surface area contributed by atoms with Crippen molar-refractivity contribution in [1.82, 2.24) is 9.88 Å². The average molecular weight is 443 g/mol. The number of carbonyl (C=O) groups excluding carboxylic acids is 2. The number of anilines is 2. The molecule has 7 nitrogen and oxygen atoms in total. The number of piperazine rings is 1. The van der Waals surface area contributed by atoms with Crippen LogP contribution in [0.4, 0.5) is 10.8 Å². The van der Waals surface area contributed by atoms with Gasteiger partial charge in [0.25, 0.3) is 0 Å². The van der Waals surface area contributed by atoms with Crippen molar-refractivity contribution in [2.45, 2.75) is 6.92 Å². The number of halogens is 2. The lowest BCUT2D eigenvalue weighted by Crippen LogP contribution is -2.48. The molecule has 0 bridgehead atoms. The fourth-order valence-electron chi connectivity index (χ4n) is 2.88. The molecule has 1 aliphatic rings. The Morgan fingerprint density at radius 1 is 1.18 bits per heavy atom. The highest BCUT2D eigenvalue weighted by atomic mass is 35.5. The summed E-state index contributed by atoms with van der Waals surface area (Å²) < 4.78 is 4.89.